The molecule has 1 aliphatic rings. The molecule has 4 heteroatoms. The fraction of sp³-hybridized carbons (Fsp3) is 0.100. The predicted molar refractivity (Wildman–Crippen MR) is 96.9 cm³/mol. The molecular formula is C20H16Cl2OTi. The molecule has 0 aromatic heterocycles. The first-order chi connectivity index (χ1) is 11.8. The Bertz CT molecular complexity index is 790. The van der Waals surface area contributed by atoms with Gasteiger partial charge in [-0.1, -0.05) is 72.8 Å². The van der Waals surface area contributed by atoms with E-state index in [1.165, 1.54) is 27.8 Å². The van der Waals surface area contributed by atoms with Crippen molar-refractivity contribution < 1.29 is 22.1 Å². The molecular weight excluding hydrogens is 375 g/mol. The summed E-state index contributed by atoms with van der Waals surface area (Å²) in [6.07, 6.45) is 0. The molecule has 0 amide bonds. The molecule has 0 aliphatic heterocycles. The minimum atomic E-state index is -0.556. The van der Waals surface area contributed by atoms with Crippen molar-refractivity contribution >= 4 is 18.6 Å². The fourth-order valence-electron chi connectivity index (χ4n) is 3.45. The number of benzene rings is 3. The summed E-state index contributed by atoms with van der Waals surface area (Å²) in [6.45, 7) is 0.0804. The normalized spacial score (nSPS) is 12.0. The average molecular weight is 391 g/mol. The Morgan fingerprint density at radius 2 is 1.12 bits per heavy atom. The van der Waals surface area contributed by atoms with E-state index in [4.69, 9.17) is 18.6 Å². The molecule has 0 spiro atoms. The molecule has 0 saturated carbocycles. The van der Waals surface area contributed by atoms with Gasteiger partial charge in [-0.25, -0.2) is 0 Å². The number of hydrogen-bond donors (Lipinski definition) is 1. The van der Waals surface area contributed by atoms with Crippen molar-refractivity contribution in [3.63, 3.8) is 0 Å². The molecule has 24 heavy (non-hydrogen) atoms. The van der Waals surface area contributed by atoms with Crippen LogP contribution in [0.25, 0.3) is 11.1 Å². The van der Waals surface area contributed by atoms with Crippen LogP contribution in [0.15, 0.2) is 72.8 Å². The Labute approximate surface area is 158 Å². The van der Waals surface area contributed by atoms with E-state index in [0.29, 0.717) is 0 Å². The molecule has 0 radical (unpaired) electrons. The third kappa shape index (κ3) is 3.33. The number of aliphatic hydroxyl groups excluding tert-OH is 1. The molecule has 1 aliphatic carbocycles. The number of halogens is 2. The Morgan fingerprint density at radius 1 is 0.708 bits per heavy atom. The zero-order chi connectivity index (χ0) is 16.9. The van der Waals surface area contributed by atoms with Gasteiger partial charge in [0.05, 0.1) is 6.61 Å². The van der Waals surface area contributed by atoms with Crippen molar-refractivity contribution in [1.82, 2.24) is 0 Å². The number of fused-ring (bicyclic) bond motifs is 3. The van der Waals surface area contributed by atoms with Gasteiger partial charge in [0.25, 0.3) is 0 Å². The van der Waals surface area contributed by atoms with E-state index >= 15 is 0 Å². The summed E-state index contributed by atoms with van der Waals surface area (Å²) < 4.78 is 0. The minimum absolute atomic E-state index is 0.0804. The first-order valence-corrected chi connectivity index (χ1v) is 11.9. The Hall–Kier alpha value is -1.09. The van der Waals surface area contributed by atoms with E-state index in [1.807, 2.05) is 12.1 Å². The van der Waals surface area contributed by atoms with Crippen LogP contribution in [-0.2, 0) is 23.6 Å². The van der Waals surface area contributed by atoms with Gasteiger partial charge in [-0.05, 0) is 33.4 Å². The summed E-state index contributed by atoms with van der Waals surface area (Å²) in [4.78, 5) is 0. The fourth-order valence-corrected chi connectivity index (χ4v) is 3.45. The SMILES string of the molecule is OCc1ccccc1C1c2ccccc2-c2ccccc21.[Cl][Ti][Cl]. The standard InChI is InChI=1S/C20H16O.2ClH.Ti/c21-13-14-7-1-2-8-15(14)20-18-11-5-3-9-16(18)17-10-4-6-12-19(17)20;;;/h1-12,20-21H,13H2;2*1H;/q;;;+2/p-2. The van der Waals surface area contributed by atoms with Crippen molar-refractivity contribution in [2.24, 2.45) is 0 Å². The summed E-state index contributed by atoms with van der Waals surface area (Å²) in [6, 6.07) is 25.4. The van der Waals surface area contributed by atoms with Gasteiger partial charge in [-0.2, -0.15) is 0 Å². The van der Waals surface area contributed by atoms with Gasteiger partial charge >= 0.3 is 35.6 Å². The van der Waals surface area contributed by atoms with Crippen LogP contribution in [0.2, 0.25) is 0 Å². The summed E-state index contributed by atoms with van der Waals surface area (Å²) >= 11 is -0.556. The molecule has 1 nitrogen and oxygen atoms in total. The molecule has 0 atom stereocenters. The van der Waals surface area contributed by atoms with Crippen molar-refractivity contribution in [2.45, 2.75) is 12.5 Å². The average Bonchev–Trinajstić information content (AvgIpc) is 2.97. The van der Waals surface area contributed by atoms with Gasteiger partial charge in [0, 0.05) is 5.92 Å². The Morgan fingerprint density at radius 3 is 1.62 bits per heavy atom. The quantitative estimate of drug-likeness (QED) is 0.434. The van der Waals surface area contributed by atoms with Crippen LogP contribution in [0.5, 0.6) is 0 Å². The molecule has 0 heterocycles. The maximum absolute atomic E-state index is 9.67. The first-order valence-electron chi connectivity index (χ1n) is 7.65. The van der Waals surface area contributed by atoms with Crippen LogP contribution >= 0.6 is 18.6 Å². The van der Waals surface area contributed by atoms with Crippen LogP contribution in [-0.4, -0.2) is 5.11 Å². The molecule has 0 bridgehead atoms. The zero-order valence-corrected chi connectivity index (χ0v) is 16.0. The van der Waals surface area contributed by atoms with Gasteiger partial charge < -0.3 is 5.11 Å². The zero-order valence-electron chi connectivity index (χ0n) is 12.9. The Balaban J connectivity index is 0.000000526. The van der Waals surface area contributed by atoms with E-state index in [9.17, 15) is 5.11 Å². The van der Waals surface area contributed by atoms with Crippen molar-refractivity contribution in [3.05, 3.63) is 95.1 Å². The number of hydrogen-bond acceptors (Lipinski definition) is 1. The molecule has 4 rings (SSSR count). The van der Waals surface area contributed by atoms with E-state index < -0.39 is 17.0 Å². The van der Waals surface area contributed by atoms with E-state index in [-0.39, 0.29) is 12.5 Å². The summed E-state index contributed by atoms with van der Waals surface area (Å²) in [5.41, 5.74) is 7.50. The first kappa shape index (κ1) is 17.7. The van der Waals surface area contributed by atoms with Crippen molar-refractivity contribution in [2.75, 3.05) is 0 Å². The summed E-state index contributed by atoms with van der Waals surface area (Å²) in [5, 5.41) is 9.67. The third-order valence-electron chi connectivity index (χ3n) is 4.37. The van der Waals surface area contributed by atoms with Crippen LogP contribution in [0, 0.1) is 0 Å². The number of rotatable bonds is 2. The van der Waals surface area contributed by atoms with E-state index in [1.54, 1.807) is 0 Å². The number of aliphatic hydroxyl groups is 1. The van der Waals surface area contributed by atoms with Gasteiger partial charge in [0.15, 0.2) is 0 Å². The Kier molecular flexibility index (Phi) is 6.16. The molecule has 0 saturated heterocycles. The second kappa shape index (κ2) is 8.33. The molecule has 0 unspecified atom stereocenters. The van der Waals surface area contributed by atoms with Crippen molar-refractivity contribution in [3.8, 4) is 11.1 Å². The van der Waals surface area contributed by atoms with Crippen molar-refractivity contribution in [1.29, 1.82) is 0 Å². The van der Waals surface area contributed by atoms with Crippen LogP contribution in [0.4, 0.5) is 0 Å². The molecule has 120 valence electrons. The van der Waals surface area contributed by atoms with Crippen LogP contribution in [0.3, 0.4) is 0 Å². The summed E-state index contributed by atoms with van der Waals surface area (Å²) in [7, 11) is 9.78. The maximum atomic E-state index is 9.67. The van der Waals surface area contributed by atoms with Crippen LogP contribution in [0.1, 0.15) is 28.2 Å². The van der Waals surface area contributed by atoms with Gasteiger partial charge in [-0.15, -0.1) is 0 Å². The van der Waals surface area contributed by atoms with E-state index in [0.717, 1.165) is 5.56 Å². The second-order valence-electron chi connectivity index (χ2n) is 5.54. The van der Waals surface area contributed by atoms with E-state index in [2.05, 4.69) is 60.7 Å². The molecule has 3 aromatic rings. The molecule has 0 fully saturated rings. The van der Waals surface area contributed by atoms with Crippen LogP contribution < -0.4 is 0 Å². The molecule has 1 N–H and O–H groups in total. The van der Waals surface area contributed by atoms with Gasteiger partial charge in [-0.3, -0.25) is 0 Å². The predicted octanol–water partition coefficient (Wildman–Crippen LogP) is 5.72. The third-order valence-corrected chi connectivity index (χ3v) is 4.37. The summed E-state index contributed by atoms with van der Waals surface area (Å²) in [5.74, 6) is 0.223. The monoisotopic (exact) mass is 390 g/mol. The second-order valence-corrected chi connectivity index (χ2v) is 8.12. The topological polar surface area (TPSA) is 20.2 Å². The molecule has 3 aromatic carbocycles. The van der Waals surface area contributed by atoms with Gasteiger partial charge in [0.2, 0.25) is 0 Å². The van der Waals surface area contributed by atoms with Gasteiger partial charge in [0.1, 0.15) is 0 Å².